The monoisotopic (exact) mass is 195 g/mol. The van der Waals surface area contributed by atoms with Crippen molar-refractivity contribution in [2.24, 2.45) is 5.41 Å². The molecular weight excluding hydrogens is 170 g/mol. The molecule has 0 amide bonds. The Morgan fingerprint density at radius 1 is 1.50 bits per heavy atom. The van der Waals surface area contributed by atoms with E-state index < -0.39 is 0 Å². The minimum atomic E-state index is 0.453. The summed E-state index contributed by atoms with van der Waals surface area (Å²) in [7, 11) is 0. The van der Waals surface area contributed by atoms with E-state index in [1.807, 2.05) is 0 Å². The smallest absolute Gasteiger partial charge is 0.0250 e. The molecule has 0 bridgehead atoms. The third-order valence-electron chi connectivity index (χ3n) is 3.13. The van der Waals surface area contributed by atoms with E-state index in [0.29, 0.717) is 11.5 Å². The Labute approximate surface area is 89.2 Å². The minimum Gasteiger partial charge on any atom is -0.294 e. The van der Waals surface area contributed by atoms with Gasteiger partial charge in [0.25, 0.3) is 0 Å². The van der Waals surface area contributed by atoms with Crippen molar-refractivity contribution in [3.63, 3.8) is 0 Å². The molecule has 2 atom stereocenters. The second-order valence-corrected chi connectivity index (χ2v) is 5.77. The topological polar surface area (TPSA) is 3.24 Å². The predicted molar refractivity (Wildman–Crippen MR) is 63.5 cm³/mol. The van der Waals surface area contributed by atoms with Crippen LogP contribution in [0.1, 0.15) is 47.0 Å². The molecule has 0 aromatic carbocycles. The molecule has 0 saturated carbocycles. The first kappa shape index (κ1) is 11.8. The van der Waals surface area contributed by atoms with Gasteiger partial charge >= 0.3 is 0 Å². The van der Waals surface area contributed by atoms with E-state index in [-0.39, 0.29) is 0 Å². The van der Waals surface area contributed by atoms with Crippen LogP contribution in [0.3, 0.4) is 0 Å². The molecule has 1 aliphatic rings. The lowest BCUT2D eigenvalue weighted by Gasteiger charge is -2.33. The van der Waals surface area contributed by atoms with Crippen molar-refractivity contribution >= 4 is 0 Å². The van der Waals surface area contributed by atoms with Gasteiger partial charge in [0, 0.05) is 12.1 Å². The average molecular weight is 195 g/mol. The Balaban J connectivity index is 2.55. The second kappa shape index (κ2) is 4.48. The quantitative estimate of drug-likeness (QED) is 0.623. The number of rotatable bonds is 3. The van der Waals surface area contributed by atoms with Crippen LogP contribution in [-0.2, 0) is 0 Å². The SMILES string of the molecule is C=CC(C)N1CCCC1CC(C)(C)C. The summed E-state index contributed by atoms with van der Waals surface area (Å²) in [6.45, 7) is 14.4. The Hall–Kier alpha value is -0.300. The lowest BCUT2D eigenvalue weighted by Crippen LogP contribution is -2.38. The highest BCUT2D eigenvalue weighted by molar-refractivity contribution is 4.92. The first-order valence-electron chi connectivity index (χ1n) is 5.82. The fourth-order valence-corrected chi connectivity index (χ4v) is 2.46. The molecule has 1 nitrogen and oxygen atoms in total. The molecule has 1 rings (SSSR count). The molecular formula is C13H25N. The molecule has 0 spiro atoms. The van der Waals surface area contributed by atoms with Crippen LogP contribution in [0.5, 0.6) is 0 Å². The number of likely N-dealkylation sites (tertiary alicyclic amines) is 1. The third-order valence-corrected chi connectivity index (χ3v) is 3.13. The van der Waals surface area contributed by atoms with Crippen molar-refractivity contribution in [1.29, 1.82) is 0 Å². The highest BCUT2D eigenvalue weighted by atomic mass is 15.2. The van der Waals surface area contributed by atoms with E-state index in [9.17, 15) is 0 Å². The van der Waals surface area contributed by atoms with Crippen LogP contribution < -0.4 is 0 Å². The highest BCUT2D eigenvalue weighted by Gasteiger charge is 2.30. The van der Waals surface area contributed by atoms with Crippen LogP contribution in [0.2, 0.25) is 0 Å². The molecule has 0 radical (unpaired) electrons. The number of hydrogen-bond acceptors (Lipinski definition) is 1. The molecule has 0 aromatic heterocycles. The number of hydrogen-bond donors (Lipinski definition) is 0. The highest BCUT2D eigenvalue weighted by Crippen LogP contribution is 2.31. The van der Waals surface area contributed by atoms with Crippen LogP contribution >= 0.6 is 0 Å². The van der Waals surface area contributed by atoms with Gasteiger partial charge in [0.05, 0.1) is 0 Å². The summed E-state index contributed by atoms with van der Waals surface area (Å²) in [4.78, 5) is 2.61. The van der Waals surface area contributed by atoms with Crippen LogP contribution in [0.4, 0.5) is 0 Å². The molecule has 1 fully saturated rings. The lowest BCUT2D eigenvalue weighted by molar-refractivity contribution is 0.171. The van der Waals surface area contributed by atoms with E-state index in [4.69, 9.17) is 0 Å². The molecule has 82 valence electrons. The zero-order valence-electron chi connectivity index (χ0n) is 10.2. The van der Waals surface area contributed by atoms with Crippen molar-refractivity contribution in [2.45, 2.75) is 59.0 Å². The first-order chi connectivity index (χ1) is 6.44. The van der Waals surface area contributed by atoms with Gasteiger partial charge < -0.3 is 0 Å². The van der Waals surface area contributed by atoms with Crippen LogP contribution in [-0.4, -0.2) is 23.5 Å². The maximum Gasteiger partial charge on any atom is 0.0250 e. The Morgan fingerprint density at radius 3 is 2.64 bits per heavy atom. The van der Waals surface area contributed by atoms with Gasteiger partial charge in [0.2, 0.25) is 0 Å². The number of nitrogens with zero attached hydrogens (tertiary/aromatic N) is 1. The van der Waals surface area contributed by atoms with E-state index in [0.717, 1.165) is 6.04 Å². The van der Waals surface area contributed by atoms with E-state index in [2.05, 4.69) is 45.2 Å². The van der Waals surface area contributed by atoms with Crippen LogP contribution in [0, 0.1) is 5.41 Å². The summed E-state index contributed by atoms with van der Waals surface area (Å²) in [5.74, 6) is 0. The Bertz CT molecular complexity index is 190. The van der Waals surface area contributed by atoms with Crippen LogP contribution in [0.25, 0.3) is 0 Å². The molecule has 1 aliphatic heterocycles. The molecule has 1 heterocycles. The van der Waals surface area contributed by atoms with Gasteiger partial charge in [0.15, 0.2) is 0 Å². The third kappa shape index (κ3) is 3.13. The largest absolute Gasteiger partial charge is 0.294 e. The maximum atomic E-state index is 3.89. The van der Waals surface area contributed by atoms with Gasteiger partial charge in [-0.2, -0.15) is 0 Å². The molecule has 14 heavy (non-hydrogen) atoms. The van der Waals surface area contributed by atoms with E-state index >= 15 is 0 Å². The zero-order chi connectivity index (χ0) is 10.8. The summed E-state index contributed by atoms with van der Waals surface area (Å²) in [5.41, 5.74) is 0.453. The van der Waals surface area contributed by atoms with Crippen molar-refractivity contribution in [2.75, 3.05) is 6.54 Å². The average Bonchev–Trinajstić information content (AvgIpc) is 2.48. The predicted octanol–water partition coefficient (Wildman–Crippen LogP) is 3.46. The van der Waals surface area contributed by atoms with Crippen molar-refractivity contribution in [3.8, 4) is 0 Å². The Morgan fingerprint density at radius 2 is 2.14 bits per heavy atom. The summed E-state index contributed by atoms with van der Waals surface area (Å²) in [6, 6.07) is 1.33. The van der Waals surface area contributed by atoms with E-state index in [1.54, 1.807) is 0 Å². The molecule has 1 saturated heterocycles. The van der Waals surface area contributed by atoms with Gasteiger partial charge in [0.1, 0.15) is 0 Å². The molecule has 0 N–H and O–H groups in total. The van der Waals surface area contributed by atoms with Crippen molar-refractivity contribution < 1.29 is 0 Å². The van der Waals surface area contributed by atoms with Gasteiger partial charge in [-0.05, 0) is 38.1 Å². The Kier molecular flexibility index (Phi) is 3.77. The summed E-state index contributed by atoms with van der Waals surface area (Å²) >= 11 is 0. The lowest BCUT2D eigenvalue weighted by atomic mass is 9.87. The van der Waals surface area contributed by atoms with Crippen molar-refractivity contribution in [3.05, 3.63) is 12.7 Å². The van der Waals surface area contributed by atoms with E-state index in [1.165, 1.54) is 25.8 Å². The standard InChI is InChI=1S/C13H25N/c1-6-11(2)14-9-7-8-12(14)10-13(3,4)5/h6,11-12H,1,7-10H2,2-5H3. The fraction of sp³-hybridized carbons (Fsp3) is 0.846. The summed E-state index contributed by atoms with van der Waals surface area (Å²) in [6.07, 6.45) is 6.11. The molecule has 1 heteroatoms. The normalized spacial score (nSPS) is 26.4. The fourth-order valence-electron chi connectivity index (χ4n) is 2.46. The molecule has 0 aliphatic carbocycles. The van der Waals surface area contributed by atoms with Gasteiger partial charge in [-0.25, -0.2) is 0 Å². The van der Waals surface area contributed by atoms with Gasteiger partial charge in [-0.15, -0.1) is 6.58 Å². The summed E-state index contributed by atoms with van der Waals surface area (Å²) in [5, 5.41) is 0. The molecule has 0 aromatic rings. The van der Waals surface area contributed by atoms with Gasteiger partial charge in [-0.3, -0.25) is 4.90 Å². The van der Waals surface area contributed by atoms with Crippen molar-refractivity contribution in [1.82, 2.24) is 4.90 Å². The summed E-state index contributed by atoms with van der Waals surface area (Å²) < 4.78 is 0. The maximum absolute atomic E-state index is 3.89. The van der Waals surface area contributed by atoms with Crippen LogP contribution in [0.15, 0.2) is 12.7 Å². The second-order valence-electron chi connectivity index (χ2n) is 5.77. The molecule has 2 unspecified atom stereocenters. The zero-order valence-corrected chi connectivity index (χ0v) is 10.2. The first-order valence-corrected chi connectivity index (χ1v) is 5.82. The van der Waals surface area contributed by atoms with Gasteiger partial charge in [-0.1, -0.05) is 26.8 Å². The minimum absolute atomic E-state index is 0.453.